The lowest BCUT2D eigenvalue weighted by molar-refractivity contribution is -0.117. The zero-order chi connectivity index (χ0) is 11.7. The molecule has 0 heterocycles. The van der Waals surface area contributed by atoms with E-state index in [1.165, 1.54) is 5.56 Å². The summed E-state index contributed by atoms with van der Waals surface area (Å²) < 4.78 is 0. The van der Waals surface area contributed by atoms with E-state index in [1.807, 2.05) is 12.1 Å². The van der Waals surface area contributed by atoms with E-state index in [1.54, 1.807) is 0 Å². The number of hydrogen-bond donors (Lipinski definition) is 1. The second-order valence-corrected chi connectivity index (χ2v) is 5.09. The monoisotopic (exact) mass is 217 g/mol. The Balaban J connectivity index is 1.97. The Morgan fingerprint density at radius 1 is 1.31 bits per heavy atom. The molecule has 1 aromatic rings. The maximum absolute atomic E-state index is 11.7. The van der Waals surface area contributed by atoms with Crippen molar-refractivity contribution >= 4 is 11.6 Å². The average molecular weight is 217 g/mol. The van der Waals surface area contributed by atoms with Gasteiger partial charge < -0.3 is 5.32 Å². The predicted octanol–water partition coefficient (Wildman–Crippen LogP) is 3.40. The van der Waals surface area contributed by atoms with Gasteiger partial charge in [-0.15, -0.1) is 0 Å². The van der Waals surface area contributed by atoms with E-state index in [0.29, 0.717) is 11.8 Å². The van der Waals surface area contributed by atoms with Gasteiger partial charge in [-0.25, -0.2) is 0 Å². The van der Waals surface area contributed by atoms with E-state index in [0.717, 1.165) is 12.1 Å². The summed E-state index contributed by atoms with van der Waals surface area (Å²) in [6.07, 6.45) is 1.04. The van der Waals surface area contributed by atoms with Crippen LogP contribution in [0.1, 0.15) is 38.7 Å². The molecule has 1 aromatic carbocycles. The lowest BCUT2D eigenvalue weighted by Gasteiger charge is -2.08. The lowest BCUT2D eigenvalue weighted by atomic mass is 10.0. The van der Waals surface area contributed by atoms with Gasteiger partial charge in [0, 0.05) is 11.6 Å². The van der Waals surface area contributed by atoms with Gasteiger partial charge in [0.2, 0.25) is 5.91 Å². The van der Waals surface area contributed by atoms with Gasteiger partial charge in [0.1, 0.15) is 0 Å². The molecule has 1 saturated carbocycles. The van der Waals surface area contributed by atoms with E-state index in [9.17, 15) is 4.79 Å². The molecule has 0 bridgehead atoms. The summed E-state index contributed by atoms with van der Waals surface area (Å²) in [5.74, 6) is 1.51. The third-order valence-electron chi connectivity index (χ3n) is 3.29. The van der Waals surface area contributed by atoms with Crippen molar-refractivity contribution in [1.29, 1.82) is 0 Å². The highest BCUT2D eigenvalue weighted by atomic mass is 16.2. The predicted molar refractivity (Wildman–Crippen MR) is 66.4 cm³/mol. The molecule has 0 spiro atoms. The molecule has 1 aliphatic carbocycles. The molecule has 2 nitrogen and oxygen atoms in total. The van der Waals surface area contributed by atoms with Crippen LogP contribution in [0.5, 0.6) is 0 Å². The molecule has 1 N–H and O–H groups in total. The summed E-state index contributed by atoms with van der Waals surface area (Å²) in [7, 11) is 0. The fourth-order valence-electron chi connectivity index (χ4n) is 1.87. The molecule has 2 heteroatoms. The van der Waals surface area contributed by atoms with Crippen molar-refractivity contribution in [1.82, 2.24) is 0 Å². The summed E-state index contributed by atoms with van der Waals surface area (Å²) in [6.45, 7) is 6.45. The van der Waals surface area contributed by atoms with E-state index in [4.69, 9.17) is 0 Å². The van der Waals surface area contributed by atoms with Gasteiger partial charge in [-0.2, -0.15) is 0 Å². The van der Waals surface area contributed by atoms with Gasteiger partial charge >= 0.3 is 0 Å². The summed E-state index contributed by atoms with van der Waals surface area (Å²) in [4.78, 5) is 11.7. The molecule has 2 atom stereocenters. The Kier molecular flexibility index (Phi) is 2.99. The zero-order valence-electron chi connectivity index (χ0n) is 10.2. The van der Waals surface area contributed by atoms with Gasteiger partial charge in [-0.05, 0) is 36.0 Å². The van der Waals surface area contributed by atoms with Crippen LogP contribution in [-0.2, 0) is 4.79 Å². The van der Waals surface area contributed by atoms with Crippen molar-refractivity contribution in [2.45, 2.75) is 33.1 Å². The van der Waals surface area contributed by atoms with Crippen molar-refractivity contribution in [2.24, 2.45) is 11.8 Å². The molecule has 1 aliphatic rings. The molecule has 2 rings (SSSR count). The Hall–Kier alpha value is -1.31. The molecule has 2 unspecified atom stereocenters. The molecular weight excluding hydrogens is 198 g/mol. The van der Waals surface area contributed by atoms with Crippen LogP contribution in [-0.4, -0.2) is 5.91 Å². The van der Waals surface area contributed by atoms with Gasteiger partial charge in [-0.1, -0.05) is 32.9 Å². The Morgan fingerprint density at radius 3 is 2.31 bits per heavy atom. The minimum absolute atomic E-state index is 0.171. The van der Waals surface area contributed by atoms with Crippen LogP contribution in [0.25, 0.3) is 0 Å². The standard InChI is InChI=1S/C14H19NO/c1-9(2)11-4-6-12(7-5-11)15-14(16)13-8-10(13)3/h4-7,9-10,13H,8H2,1-3H3,(H,15,16). The SMILES string of the molecule is CC(C)c1ccc(NC(=O)C2CC2C)cc1. The van der Waals surface area contributed by atoms with Crippen LogP contribution in [0.15, 0.2) is 24.3 Å². The number of carbonyl (C=O) groups is 1. The third-order valence-corrected chi connectivity index (χ3v) is 3.29. The summed E-state index contributed by atoms with van der Waals surface area (Å²) >= 11 is 0. The first kappa shape index (κ1) is 11.2. The lowest BCUT2D eigenvalue weighted by Crippen LogP contribution is -2.14. The zero-order valence-corrected chi connectivity index (χ0v) is 10.2. The number of nitrogens with one attached hydrogen (secondary N) is 1. The molecule has 1 fully saturated rings. The minimum atomic E-state index is 0.171. The number of rotatable bonds is 3. The fraction of sp³-hybridized carbons (Fsp3) is 0.500. The highest BCUT2D eigenvalue weighted by Crippen LogP contribution is 2.38. The van der Waals surface area contributed by atoms with Gasteiger partial charge in [-0.3, -0.25) is 4.79 Å². The topological polar surface area (TPSA) is 29.1 Å². The average Bonchev–Trinajstić information content (AvgIpc) is 2.96. The Labute approximate surface area is 97.1 Å². The largest absolute Gasteiger partial charge is 0.326 e. The number of carbonyl (C=O) groups excluding carboxylic acids is 1. The highest BCUT2D eigenvalue weighted by Gasteiger charge is 2.38. The second-order valence-electron chi connectivity index (χ2n) is 5.09. The summed E-state index contributed by atoms with van der Waals surface area (Å²) in [6, 6.07) is 8.13. The highest BCUT2D eigenvalue weighted by molar-refractivity contribution is 5.94. The maximum atomic E-state index is 11.7. The number of anilines is 1. The Bertz CT molecular complexity index is 380. The molecular formula is C14H19NO. The van der Waals surface area contributed by atoms with Crippen LogP contribution >= 0.6 is 0 Å². The van der Waals surface area contributed by atoms with E-state index < -0.39 is 0 Å². The van der Waals surface area contributed by atoms with Crippen LogP contribution in [0, 0.1) is 11.8 Å². The van der Waals surface area contributed by atoms with Crippen LogP contribution in [0.2, 0.25) is 0 Å². The molecule has 86 valence electrons. The van der Waals surface area contributed by atoms with E-state index >= 15 is 0 Å². The van der Waals surface area contributed by atoms with Crippen molar-refractivity contribution in [3.05, 3.63) is 29.8 Å². The number of benzene rings is 1. The van der Waals surface area contributed by atoms with Gasteiger partial charge in [0.25, 0.3) is 0 Å². The smallest absolute Gasteiger partial charge is 0.227 e. The van der Waals surface area contributed by atoms with Crippen molar-refractivity contribution in [3.63, 3.8) is 0 Å². The first-order chi connectivity index (χ1) is 7.58. The Morgan fingerprint density at radius 2 is 1.88 bits per heavy atom. The molecule has 0 radical (unpaired) electrons. The van der Waals surface area contributed by atoms with Gasteiger partial charge in [0.15, 0.2) is 0 Å². The van der Waals surface area contributed by atoms with Crippen molar-refractivity contribution in [2.75, 3.05) is 5.32 Å². The molecule has 0 aliphatic heterocycles. The van der Waals surface area contributed by atoms with E-state index in [2.05, 4.69) is 38.2 Å². The van der Waals surface area contributed by atoms with Crippen molar-refractivity contribution < 1.29 is 4.79 Å². The molecule has 1 amide bonds. The van der Waals surface area contributed by atoms with Gasteiger partial charge in [0.05, 0.1) is 0 Å². The van der Waals surface area contributed by atoms with Crippen LogP contribution in [0.4, 0.5) is 5.69 Å². The molecule has 16 heavy (non-hydrogen) atoms. The third kappa shape index (κ3) is 2.43. The quantitative estimate of drug-likeness (QED) is 0.826. The first-order valence-corrected chi connectivity index (χ1v) is 5.98. The number of hydrogen-bond acceptors (Lipinski definition) is 1. The first-order valence-electron chi connectivity index (χ1n) is 5.98. The maximum Gasteiger partial charge on any atom is 0.227 e. The minimum Gasteiger partial charge on any atom is -0.326 e. The van der Waals surface area contributed by atoms with Crippen molar-refractivity contribution in [3.8, 4) is 0 Å². The van der Waals surface area contributed by atoms with Crippen LogP contribution < -0.4 is 5.32 Å². The fourth-order valence-corrected chi connectivity index (χ4v) is 1.87. The number of amides is 1. The summed E-state index contributed by atoms with van der Waals surface area (Å²) in [5, 5.41) is 2.96. The normalized spacial score (nSPS) is 23.2. The summed E-state index contributed by atoms with van der Waals surface area (Å²) in [5.41, 5.74) is 2.21. The molecule has 0 aromatic heterocycles. The van der Waals surface area contributed by atoms with E-state index in [-0.39, 0.29) is 11.8 Å². The van der Waals surface area contributed by atoms with Crippen LogP contribution in [0.3, 0.4) is 0 Å². The second kappa shape index (κ2) is 4.28. The molecule has 0 saturated heterocycles.